The molecule has 1 amide bonds. The maximum Gasteiger partial charge on any atom is 0.244 e. The number of pyridine rings is 1. The van der Waals surface area contributed by atoms with Crippen LogP contribution < -0.4 is 0 Å². The van der Waals surface area contributed by atoms with Crippen molar-refractivity contribution in [2.45, 2.75) is 24.2 Å². The molecule has 6 nitrogen and oxygen atoms in total. The van der Waals surface area contributed by atoms with Crippen molar-refractivity contribution in [1.29, 1.82) is 0 Å². The van der Waals surface area contributed by atoms with Crippen molar-refractivity contribution in [3.63, 3.8) is 0 Å². The van der Waals surface area contributed by atoms with Crippen LogP contribution in [0.5, 0.6) is 0 Å². The van der Waals surface area contributed by atoms with E-state index in [0.29, 0.717) is 32.4 Å². The first-order valence-corrected chi connectivity index (χ1v) is 8.94. The lowest BCUT2D eigenvalue weighted by Crippen LogP contribution is -2.39. The first-order chi connectivity index (χ1) is 10.3. The van der Waals surface area contributed by atoms with Gasteiger partial charge in [0.2, 0.25) is 15.9 Å². The van der Waals surface area contributed by atoms with Crippen molar-refractivity contribution in [3.8, 4) is 0 Å². The van der Waals surface area contributed by atoms with Crippen LogP contribution in [0.1, 0.15) is 19.3 Å². The number of piperidine rings is 1. The number of rotatable bonds is 4. The van der Waals surface area contributed by atoms with Crippen LogP contribution in [-0.2, 0) is 14.8 Å². The second kappa shape index (κ2) is 6.93. The molecule has 1 aliphatic rings. The normalized spacial score (nSPS) is 17.4. The molecule has 0 atom stereocenters. The summed E-state index contributed by atoms with van der Waals surface area (Å²) >= 11 is 5.69. The van der Waals surface area contributed by atoms with Gasteiger partial charge in [0.1, 0.15) is 10.0 Å². The Morgan fingerprint density at radius 2 is 2.00 bits per heavy atom. The third-order valence-electron chi connectivity index (χ3n) is 3.87. The Kier molecular flexibility index (Phi) is 5.41. The highest BCUT2D eigenvalue weighted by Crippen LogP contribution is 2.26. The molecule has 0 N–H and O–H groups in total. The topological polar surface area (TPSA) is 70.6 Å². The molecule has 0 spiro atoms. The summed E-state index contributed by atoms with van der Waals surface area (Å²) in [7, 11) is -0.0670. The van der Waals surface area contributed by atoms with Crippen LogP contribution in [-0.4, -0.2) is 55.7 Å². The van der Waals surface area contributed by atoms with E-state index in [1.54, 1.807) is 19.0 Å². The third kappa shape index (κ3) is 3.97. The van der Waals surface area contributed by atoms with E-state index in [-0.39, 0.29) is 21.9 Å². The fraction of sp³-hybridized carbons (Fsp3) is 0.571. The Morgan fingerprint density at radius 3 is 2.50 bits per heavy atom. The van der Waals surface area contributed by atoms with Gasteiger partial charge in [-0.1, -0.05) is 11.6 Å². The molecule has 0 aliphatic carbocycles. The number of nitrogens with zero attached hydrogens (tertiary/aromatic N) is 3. The summed E-state index contributed by atoms with van der Waals surface area (Å²) in [5.74, 6) is 0.327. The van der Waals surface area contributed by atoms with E-state index in [9.17, 15) is 13.2 Å². The maximum atomic E-state index is 12.5. The fourth-order valence-electron chi connectivity index (χ4n) is 2.45. The van der Waals surface area contributed by atoms with Gasteiger partial charge < -0.3 is 4.90 Å². The van der Waals surface area contributed by atoms with Crippen LogP contribution in [0, 0.1) is 5.92 Å². The zero-order valence-corrected chi connectivity index (χ0v) is 14.3. The van der Waals surface area contributed by atoms with E-state index in [2.05, 4.69) is 4.98 Å². The van der Waals surface area contributed by atoms with Gasteiger partial charge in [-0.3, -0.25) is 4.79 Å². The molecule has 0 bridgehead atoms. The molecular weight excluding hydrogens is 326 g/mol. The fourth-order valence-corrected chi connectivity index (χ4v) is 3.97. The summed E-state index contributed by atoms with van der Waals surface area (Å²) < 4.78 is 26.5. The van der Waals surface area contributed by atoms with Crippen molar-refractivity contribution in [2.75, 3.05) is 27.2 Å². The predicted octanol–water partition coefficient (Wildman–Crippen LogP) is 1.61. The van der Waals surface area contributed by atoms with Crippen LogP contribution >= 0.6 is 11.6 Å². The van der Waals surface area contributed by atoms with E-state index >= 15 is 0 Å². The van der Waals surface area contributed by atoms with Gasteiger partial charge in [-0.25, -0.2) is 13.4 Å². The summed E-state index contributed by atoms with van der Waals surface area (Å²) in [5.41, 5.74) is 0. The van der Waals surface area contributed by atoms with Crippen molar-refractivity contribution >= 4 is 27.5 Å². The number of aromatic nitrogens is 1. The number of carbonyl (C=O) groups is 1. The Morgan fingerprint density at radius 1 is 1.36 bits per heavy atom. The highest BCUT2D eigenvalue weighted by Gasteiger charge is 2.30. The van der Waals surface area contributed by atoms with E-state index in [1.165, 1.54) is 22.6 Å². The van der Waals surface area contributed by atoms with E-state index < -0.39 is 10.0 Å². The number of carbonyl (C=O) groups excluding carboxylic acids is 1. The quantitative estimate of drug-likeness (QED) is 0.777. The van der Waals surface area contributed by atoms with Crippen LogP contribution in [0.2, 0.25) is 5.15 Å². The summed E-state index contributed by atoms with van der Waals surface area (Å²) in [4.78, 5) is 17.3. The lowest BCUT2D eigenvalue weighted by molar-refractivity contribution is -0.129. The standard InChI is InChI=1S/C14H20ClN3O3S/c1-17(2)14(19)9-11-5-7-18(8-6-11)22(20,21)12-3-4-13(15)16-10-12/h3-4,10-11H,5-9H2,1-2H3. The second-order valence-corrected chi connectivity index (χ2v) is 7.98. The van der Waals surface area contributed by atoms with Gasteiger partial charge in [-0.2, -0.15) is 4.31 Å². The number of hydrogen-bond acceptors (Lipinski definition) is 4. The van der Waals surface area contributed by atoms with Gasteiger partial charge in [0.05, 0.1) is 0 Å². The molecule has 8 heteroatoms. The minimum Gasteiger partial charge on any atom is -0.349 e. The number of hydrogen-bond donors (Lipinski definition) is 0. The minimum atomic E-state index is -3.53. The third-order valence-corrected chi connectivity index (χ3v) is 5.98. The lowest BCUT2D eigenvalue weighted by Gasteiger charge is -2.31. The molecule has 1 aromatic heterocycles. The van der Waals surface area contributed by atoms with Gasteiger partial charge in [-0.05, 0) is 30.9 Å². The Bertz CT molecular complexity index is 623. The molecule has 0 aromatic carbocycles. The van der Waals surface area contributed by atoms with Crippen LogP contribution in [0.4, 0.5) is 0 Å². The first kappa shape index (κ1) is 17.2. The molecule has 2 rings (SSSR count). The van der Waals surface area contributed by atoms with Crippen LogP contribution in [0.15, 0.2) is 23.2 Å². The molecule has 0 radical (unpaired) electrons. The van der Waals surface area contributed by atoms with E-state index in [0.717, 1.165) is 0 Å². The number of sulfonamides is 1. The van der Waals surface area contributed by atoms with E-state index in [1.807, 2.05) is 0 Å². The highest BCUT2D eigenvalue weighted by molar-refractivity contribution is 7.89. The predicted molar refractivity (Wildman–Crippen MR) is 84.0 cm³/mol. The van der Waals surface area contributed by atoms with Gasteiger partial charge in [-0.15, -0.1) is 0 Å². The van der Waals surface area contributed by atoms with Crippen LogP contribution in [0.25, 0.3) is 0 Å². The van der Waals surface area contributed by atoms with Gasteiger partial charge in [0.15, 0.2) is 0 Å². The minimum absolute atomic E-state index is 0.0863. The molecule has 1 fully saturated rings. The van der Waals surface area contributed by atoms with Crippen molar-refractivity contribution in [1.82, 2.24) is 14.2 Å². The molecule has 0 unspecified atom stereocenters. The number of amides is 1. The zero-order chi connectivity index (χ0) is 16.3. The summed E-state index contributed by atoms with van der Waals surface area (Å²) in [6.45, 7) is 0.854. The van der Waals surface area contributed by atoms with Crippen LogP contribution in [0.3, 0.4) is 0 Å². The SMILES string of the molecule is CN(C)C(=O)CC1CCN(S(=O)(=O)c2ccc(Cl)nc2)CC1. The summed E-state index contributed by atoms with van der Waals surface area (Å²) in [5, 5.41) is 0.264. The Balaban J connectivity index is 1.99. The second-order valence-electron chi connectivity index (χ2n) is 5.66. The van der Waals surface area contributed by atoms with Gasteiger partial charge >= 0.3 is 0 Å². The van der Waals surface area contributed by atoms with Crippen molar-refractivity contribution in [2.24, 2.45) is 5.92 Å². The smallest absolute Gasteiger partial charge is 0.244 e. The molecule has 1 saturated heterocycles. The Hall–Kier alpha value is -1.18. The molecular formula is C14H20ClN3O3S. The molecule has 122 valence electrons. The number of halogens is 1. The van der Waals surface area contributed by atoms with Crippen molar-refractivity contribution < 1.29 is 13.2 Å². The molecule has 1 aliphatic heterocycles. The highest BCUT2D eigenvalue weighted by atomic mass is 35.5. The largest absolute Gasteiger partial charge is 0.349 e. The molecule has 2 heterocycles. The van der Waals surface area contributed by atoms with E-state index in [4.69, 9.17) is 11.6 Å². The van der Waals surface area contributed by atoms with Gasteiger partial charge in [0, 0.05) is 39.8 Å². The lowest BCUT2D eigenvalue weighted by atomic mass is 9.94. The average Bonchev–Trinajstić information content (AvgIpc) is 2.48. The first-order valence-electron chi connectivity index (χ1n) is 7.12. The zero-order valence-electron chi connectivity index (χ0n) is 12.7. The molecule has 1 aromatic rings. The summed E-state index contributed by atoms with van der Waals surface area (Å²) in [6, 6.07) is 2.93. The van der Waals surface area contributed by atoms with Crippen molar-refractivity contribution in [3.05, 3.63) is 23.5 Å². The molecule has 0 saturated carbocycles. The summed E-state index contributed by atoms with van der Waals surface area (Å²) in [6.07, 6.45) is 3.14. The maximum absolute atomic E-state index is 12.5. The van der Waals surface area contributed by atoms with Gasteiger partial charge in [0.25, 0.3) is 0 Å². The molecule has 22 heavy (non-hydrogen) atoms. The average molecular weight is 346 g/mol. The Labute approximate surface area is 136 Å². The monoisotopic (exact) mass is 345 g/mol.